The second-order valence-corrected chi connectivity index (χ2v) is 17.6. The summed E-state index contributed by atoms with van der Waals surface area (Å²) < 4.78 is 38.7. The van der Waals surface area contributed by atoms with Gasteiger partial charge in [0.25, 0.3) is 0 Å². The number of carboxylic acid groups (broad SMARTS) is 1. The normalized spacial score (nSPS) is 11.7. The molecule has 2 aromatic heterocycles. The van der Waals surface area contributed by atoms with E-state index < -0.39 is 25.7 Å². The predicted molar refractivity (Wildman–Crippen MR) is 167 cm³/mol. The van der Waals surface area contributed by atoms with Crippen molar-refractivity contribution >= 4 is 37.2 Å². The standard InChI is InChI=1S/C31H28Cl2F2N4O3Si/c1-43(2,3)15-14-42-18-38-17-21(31(40)41)27(37-38)28-29(20-12-13-24(34)23(33)16-20)39(25-11-7-10-22(32)26(25)35)30(36-28)19-8-5-4-6-9-19/h4-13,16-17H,14-15,18H2,1-3H3,(H,40,41). The number of benzene rings is 3. The van der Waals surface area contributed by atoms with E-state index in [-0.39, 0.29) is 50.9 Å². The molecule has 0 aliphatic carbocycles. The Bertz CT molecular complexity index is 1800. The fraction of sp³-hybridized carbons (Fsp3) is 0.194. The van der Waals surface area contributed by atoms with Crippen LogP contribution in [0.15, 0.2) is 72.9 Å². The van der Waals surface area contributed by atoms with E-state index in [2.05, 4.69) is 24.7 Å². The molecule has 43 heavy (non-hydrogen) atoms. The van der Waals surface area contributed by atoms with Crippen LogP contribution in [0.2, 0.25) is 35.7 Å². The third-order valence-corrected chi connectivity index (χ3v) is 9.00. The Labute approximate surface area is 258 Å². The van der Waals surface area contributed by atoms with Crippen LogP contribution in [0.5, 0.6) is 0 Å². The van der Waals surface area contributed by atoms with Gasteiger partial charge in [-0.15, -0.1) is 0 Å². The van der Waals surface area contributed by atoms with Gasteiger partial charge < -0.3 is 9.84 Å². The summed E-state index contributed by atoms with van der Waals surface area (Å²) in [5.41, 5.74) is 1.26. The van der Waals surface area contributed by atoms with Crippen molar-refractivity contribution in [2.24, 2.45) is 0 Å². The van der Waals surface area contributed by atoms with Gasteiger partial charge in [-0.2, -0.15) is 5.10 Å². The second-order valence-electron chi connectivity index (χ2n) is 11.1. The molecule has 0 radical (unpaired) electrons. The van der Waals surface area contributed by atoms with Gasteiger partial charge in [0.1, 0.15) is 35.3 Å². The lowest BCUT2D eigenvalue weighted by atomic mass is 10.1. The first kappa shape index (κ1) is 30.6. The summed E-state index contributed by atoms with van der Waals surface area (Å²) in [5.74, 6) is -2.33. The highest BCUT2D eigenvalue weighted by Gasteiger charge is 2.29. The lowest BCUT2D eigenvalue weighted by Crippen LogP contribution is -2.22. The Morgan fingerprint density at radius 3 is 2.37 bits per heavy atom. The molecular formula is C31H28Cl2F2N4O3Si. The monoisotopic (exact) mass is 640 g/mol. The van der Waals surface area contributed by atoms with E-state index in [0.717, 1.165) is 6.04 Å². The van der Waals surface area contributed by atoms with Crippen LogP contribution >= 0.6 is 23.2 Å². The van der Waals surface area contributed by atoms with Crippen molar-refractivity contribution in [1.82, 2.24) is 19.3 Å². The van der Waals surface area contributed by atoms with Crippen LogP contribution in [0.1, 0.15) is 10.4 Å². The molecule has 0 saturated heterocycles. The molecule has 12 heteroatoms. The van der Waals surface area contributed by atoms with Crippen LogP contribution in [0.4, 0.5) is 8.78 Å². The minimum absolute atomic E-state index is 0.0233. The highest BCUT2D eigenvalue weighted by Crippen LogP contribution is 2.41. The number of rotatable bonds is 10. The number of aromatic carboxylic acids is 1. The summed E-state index contributed by atoms with van der Waals surface area (Å²) in [6, 6.07) is 18.5. The van der Waals surface area contributed by atoms with Gasteiger partial charge in [0.2, 0.25) is 0 Å². The first-order valence-electron chi connectivity index (χ1n) is 13.4. The fourth-order valence-corrected chi connectivity index (χ4v) is 5.64. The van der Waals surface area contributed by atoms with Gasteiger partial charge in [0, 0.05) is 32.0 Å². The molecule has 0 saturated carbocycles. The van der Waals surface area contributed by atoms with E-state index in [9.17, 15) is 14.3 Å². The molecule has 5 aromatic rings. The number of hydrogen-bond acceptors (Lipinski definition) is 4. The zero-order valence-corrected chi connectivity index (χ0v) is 26.1. The topological polar surface area (TPSA) is 82.2 Å². The van der Waals surface area contributed by atoms with Crippen molar-refractivity contribution in [2.45, 2.75) is 32.4 Å². The summed E-state index contributed by atoms with van der Waals surface area (Å²) >= 11 is 12.4. The molecule has 0 fully saturated rings. The molecule has 0 bridgehead atoms. The summed E-state index contributed by atoms with van der Waals surface area (Å²) in [6.07, 6.45) is 1.37. The molecular weight excluding hydrogens is 613 g/mol. The van der Waals surface area contributed by atoms with Crippen molar-refractivity contribution in [2.75, 3.05) is 6.61 Å². The lowest BCUT2D eigenvalue weighted by molar-refractivity contribution is 0.0693. The van der Waals surface area contributed by atoms with E-state index in [1.54, 1.807) is 30.3 Å². The number of carbonyl (C=O) groups is 1. The molecule has 0 atom stereocenters. The zero-order chi connectivity index (χ0) is 30.9. The maximum atomic E-state index is 15.7. The maximum Gasteiger partial charge on any atom is 0.339 e. The van der Waals surface area contributed by atoms with Crippen molar-refractivity contribution in [1.29, 1.82) is 0 Å². The fourth-order valence-electron chi connectivity index (χ4n) is 4.53. The van der Waals surface area contributed by atoms with Gasteiger partial charge in [-0.1, -0.05) is 79.2 Å². The number of aromatic nitrogens is 4. The number of ether oxygens (including phenoxy) is 1. The molecule has 7 nitrogen and oxygen atoms in total. The quantitative estimate of drug-likeness (QED) is 0.122. The number of imidazole rings is 1. The molecule has 0 spiro atoms. The Morgan fingerprint density at radius 1 is 0.953 bits per heavy atom. The van der Waals surface area contributed by atoms with Crippen LogP contribution in [0, 0.1) is 11.6 Å². The highest BCUT2D eigenvalue weighted by atomic mass is 35.5. The third kappa shape index (κ3) is 6.57. The Morgan fingerprint density at radius 2 is 1.70 bits per heavy atom. The smallest absolute Gasteiger partial charge is 0.339 e. The van der Waals surface area contributed by atoms with E-state index in [0.29, 0.717) is 17.7 Å². The summed E-state index contributed by atoms with van der Waals surface area (Å²) in [7, 11) is -1.34. The van der Waals surface area contributed by atoms with Gasteiger partial charge in [0.05, 0.1) is 21.4 Å². The Hall–Kier alpha value is -3.83. The van der Waals surface area contributed by atoms with Gasteiger partial charge in [-0.3, -0.25) is 4.57 Å². The second kappa shape index (κ2) is 12.4. The molecule has 2 heterocycles. The maximum absolute atomic E-state index is 15.7. The highest BCUT2D eigenvalue weighted by molar-refractivity contribution is 6.76. The van der Waals surface area contributed by atoms with E-state index in [1.165, 1.54) is 45.8 Å². The third-order valence-electron chi connectivity index (χ3n) is 6.71. The predicted octanol–water partition coefficient (Wildman–Crippen LogP) is 8.67. The largest absolute Gasteiger partial charge is 0.478 e. The van der Waals surface area contributed by atoms with Gasteiger partial charge in [-0.25, -0.2) is 23.2 Å². The first-order chi connectivity index (χ1) is 20.4. The van der Waals surface area contributed by atoms with Gasteiger partial charge in [-0.05, 0) is 36.4 Å². The Balaban J connectivity index is 1.78. The number of hydrogen-bond donors (Lipinski definition) is 1. The van der Waals surface area contributed by atoms with Crippen LogP contribution < -0.4 is 0 Å². The zero-order valence-electron chi connectivity index (χ0n) is 23.6. The van der Waals surface area contributed by atoms with Crippen molar-refractivity contribution in [3.63, 3.8) is 0 Å². The van der Waals surface area contributed by atoms with Crippen LogP contribution in [0.25, 0.3) is 39.7 Å². The number of halogens is 4. The van der Waals surface area contributed by atoms with Crippen molar-refractivity contribution in [3.8, 4) is 39.7 Å². The molecule has 222 valence electrons. The molecule has 0 unspecified atom stereocenters. The summed E-state index contributed by atoms with van der Waals surface area (Å²) in [5, 5.41) is 14.4. The van der Waals surface area contributed by atoms with E-state index >= 15 is 4.39 Å². The Kier molecular flexibility index (Phi) is 8.84. The van der Waals surface area contributed by atoms with Crippen LogP contribution in [-0.4, -0.2) is 45.1 Å². The minimum atomic E-state index is -1.34. The van der Waals surface area contributed by atoms with Crippen molar-refractivity contribution in [3.05, 3.63) is 100 Å². The molecule has 1 N–H and O–H groups in total. The summed E-state index contributed by atoms with van der Waals surface area (Å²) in [6.45, 7) is 7.23. The average molecular weight is 642 g/mol. The van der Waals surface area contributed by atoms with E-state index in [1.807, 2.05) is 6.07 Å². The van der Waals surface area contributed by atoms with E-state index in [4.69, 9.17) is 32.9 Å². The molecule has 0 aliphatic rings. The average Bonchev–Trinajstić information content (AvgIpc) is 3.56. The summed E-state index contributed by atoms with van der Waals surface area (Å²) in [4.78, 5) is 17.3. The van der Waals surface area contributed by atoms with Gasteiger partial charge >= 0.3 is 5.97 Å². The molecule has 3 aromatic carbocycles. The van der Waals surface area contributed by atoms with Crippen LogP contribution in [-0.2, 0) is 11.5 Å². The minimum Gasteiger partial charge on any atom is -0.478 e. The van der Waals surface area contributed by atoms with Gasteiger partial charge in [0.15, 0.2) is 5.82 Å². The molecule has 0 amide bonds. The van der Waals surface area contributed by atoms with Crippen molar-refractivity contribution < 1.29 is 23.4 Å². The first-order valence-corrected chi connectivity index (χ1v) is 17.9. The number of nitrogens with zero attached hydrogens (tertiary/aromatic N) is 4. The van der Waals surface area contributed by atoms with Crippen LogP contribution in [0.3, 0.4) is 0 Å². The lowest BCUT2D eigenvalue weighted by Gasteiger charge is -2.15. The number of carboxylic acids is 1. The SMILES string of the molecule is C[Si](C)(C)CCOCn1cc(C(=O)O)c(-c2nc(-c3ccccc3)n(-c3cccc(Cl)c3F)c2-c2ccc(F)c(Cl)c2)n1. The molecule has 5 rings (SSSR count). The molecule has 0 aliphatic heterocycles.